The summed E-state index contributed by atoms with van der Waals surface area (Å²) in [6, 6.07) is 14.8. The second kappa shape index (κ2) is 7.41. The van der Waals surface area contributed by atoms with Crippen LogP contribution in [0.3, 0.4) is 0 Å². The topological polar surface area (TPSA) is 9.23 Å². The molecule has 3 heteroatoms. The highest BCUT2D eigenvalue weighted by Gasteiger charge is 2.09. The van der Waals surface area contributed by atoms with E-state index in [0.29, 0.717) is 13.0 Å². The summed E-state index contributed by atoms with van der Waals surface area (Å²) < 4.78 is 18.2. The van der Waals surface area contributed by atoms with E-state index in [-0.39, 0.29) is 11.2 Å². The maximum atomic E-state index is 13.1. The molecule has 20 heavy (non-hydrogen) atoms. The third-order valence-corrected chi connectivity index (χ3v) is 3.65. The predicted octanol–water partition coefficient (Wildman–Crippen LogP) is 4.54. The van der Waals surface area contributed by atoms with Crippen molar-refractivity contribution < 1.29 is 9.13 Å². The summed E-state index contributed by atoms with van der Waals surface area (Å²) in [5.41, 5.74) is 3.19. The SMILES string of the molecule is COCCc1ccc(C(Cl)Cc2cccc(F)c2)cc1. The van der Waals surface area contributed by atoms with Gasteiger partial charge in [0.25, 0.3) is 0 Å². The van der Waals surface area contributed by atoms with Gasteiger partial charge in [-0.1, -0.05) is 36.4 Å². The van der Waals surface area contributed by atoms with Crippen molar-refractivity contribution in [3.05, 3.63) is 71.0 Å². The molecule has 0 heterocycles. The van der Waals surface area contributed by atoms with Gasteiger partial charge < -0.3 is 4.74 Å². The Balaban J connectivity index is 2.00. The van der Waals surface area contributed by atoms with Crippen LogP contribution in [-0.2, 0) is 17.6 Å². The van der Waals surface area contributed by atoms with E-state index in [1.54, 1.807) is 13.2 Å². The molecule has 2 aromatic rings. The fraction of sp³-hybridized carbons (Fsp3) is 0.294. The number of hydrogen-bond donors (Lipinski definition) is 0. The molecule has 0 aliphatic heterocycles. The Bertz CT molecular complexity index is 539. The summed E-state index contributed by atoms with van der Waals surface area (Å²) in [4.78, 5) is 0. The van der Waals surface area contributed by atoms with E-state index in [4.69, 9.17) is 16.3 Å². The van der Waals surface area contributed by atoms with Crippen LogP contribution in [0.25, 0.3) is 0 Å². The molecule has 0 saturated heterocycles. The molecule has 106 valence electrons. The van der Waals surface area contributed by atoms with Crippen molar-refractivity contribution in [3.63, 3.8) is 0 Å². The monoisotopic (exact) mass is 292 g/mol. The third-order valence-electron chi connectivity index (χ3n) is 3.24. The number of ether oxygens (including phenoxy) is 1. The van der Waals surface area contributed by atoms with Gasteiger partial charge in [0, 0.05) is 7.11 Å². The summed E-state index contributed by atoms with van der Waals surface area (Å²) in [7, 11) is 1.70. The fourth-order valence-electron chi connectivity index (χ4n) is 2.10. The van der Waals surface area contributed by atoms with Crippen LogP contribution in [0.4, 0.5) is 4.39 Å². The summed E-state index contributed by atoms with van der Waals surface area (Å²) in [5.74, 6) is -0.221. The van der Waals surface area contributed by atoms with Gasteiger partial charge in [0.2, 0.25) is 0 Å². The molecule has 0 spiro atoms. The second-order valence-corrected chi connectivity index (χ2v) is 5.31. The van der Waals surface area contributed by atoms with Crippen LogP contribution in [0.5, 0.6) is 0 Å². The van der Waals surface area contributed by atoms with E-state index < -0.39 is 0 Å². The van der Waals surface area contributed by atoms with Crippen LogP contribution in [0, 0.1) is 5.82 Å². The van der Waals surface area contributed by atoms with E-state index in [0.717, 1.165) is 17.5 Å². The lowest BCUT2D eigenvalue weighted by Crippen LogP contribution is -1.98. The van der Waals surface area contributed by atoms with Gasteiger partial charge in [0.1, 0.15) is 5.82 Å². The molecule has 1 unspecified atom stereocenters. The lowest BCUT2D eigenvalue weighted by molar-refractivity contribution is 0.202. The molecule has 1 nitrogen and oxygen atoms in total. The lowest BCUT2D eigenvalue weighted by Gasteiger charge is -2.11. The zero-order chi connectivity index (χ0) is 14.4. The molecule has 1 atom stereocenters. The highest BCUT2D eigenvalue weighted by molar-refractivity contribution is 6.20. The number of methoxy groups -OCH3 is 1. The van der Waals surface area contributed by atoms with E-state index >= 15 is 0 Å². The van der Waals surface area contributed by atoms with Gasteiger partial charge in [-0.25, -0.2) is 4.39 Å². The standard InChI is InChI=1S/C17H18ClFO/c1-20-10-9-13-5-7-15(8-6-13)17(18)12-14-3-2-4-16(19)11-14/h2-8,11,17H,9-10,12H2,1H3. The summed E-state index contributed by atoms with van der Waals surface area (Å²) in [6.07, 6.45) is 1.52. The molecule has 0 bridgehead atoms. The molecular formula is C17H18ClFO. The Hall–Kier alpha value is -1.38. The largest absolute Gasteiger partial charge is 0.384 e. The van der Waals surface area contributed by atoms with Gasteiger partial charge >= 0.3 is 0 Å². The average Bonchev–Trinajstić information content (AvgIpc) is 2.45. The Labute approximate surface area is 124 Å². The van der Waals surface area contributed by atoms with Gasteiger partial charge in [0.05, 0.1) is 12.0 Å². The second-order valence-electron chi connectivity index (χ2n) is 4.79. The predicted molar refractivity (Wildman–Crippen MR) is 80.7 cm³/mol. The Kier molecular flexibility index (Phi) is 5.57. The highest BCUT2D eigenvalue weighted by Crippen LogP contribution is 2.25. The molecule has 0 aromatic heterocycles. The number of hydrogen-bond acceptors (Lipinski definition) is 1. The molecule has 2 aromatic carbocycles. The molecule has 0 aliphatic carbocycles. The van der Waals surface area contributed by atoms with Crippen molar-refractivity contribution >= 4 is 11.6 Å². The number of rotatable bonds is 6. The minimum atomic E-state index is -0.221. The zero-order valence-corrected chi connectivity index (χ0v) is 12.2. The van der Waals surface area contributed by atoms with Crippen LogP contribution in [0.15, 0.2) is 48.5 Å². The van der Waals surface area contributed by atoms with Gasteiger partial charge in [-0.3, -0.25) is 0 Å². The number of halogens is 2. The van der Waals surface area contributed by atoms with Crippen molar-refractivity contribution in [3.8, 4) is 0 Å². The molecule has 2 rings (SSSR count). The Morgan fingerprint density at radius 3 is 2.50 bits per heavy atom. The first kappa shape index (κ1) is 15.0. The molecule has 0 aliphatic rings. The van der Waals surface area contributed by atoms with E-state index in [9.17, 15) is 4.39 Å². The fourth-order valence-corrected chi connectivity index (χ4v) is 2.43. The first-order valence-corrected chi connectivity index (χ1v) is 7.09. The summed E-state index contributed by atoms with van der Waals surface area (Å²) in [6.45, 7) is 0.715. The molecule has 0 amide bonds. The van der Waals surface area contributed by atoms with Crippen molar-refractivity contribution in [1.29, 1.82) is 0 Å². The number of alkyl halides is 1. The van der Waals surface area contributed by atoms with Gasteiger partial charge in [-0.05, 0) is 41.7 Å². The van der Waals surface area contributed by atoms with E-state index in [1.165, 1.54) is 17.7 Å². The normalized spacial score (nSPS) is 12.3. The smallest absolute Gasteiger partial charge is 0.123 e. The Morgan fingerprint density at radius 1 is 1.10 bits per heavy atom. The van der Waals surface area contributed by atoms with Crippen LogP contribution in [-0.4, -0.2) is 13.7 Å². The minimum absolute atomic E-state index is 0.145. The number of benzene rings is 2. The minimum Gasteiger partial charge on any atom is -0.384 e. The molecule has 0 radical (unpaired) electrons. The van der Waals surface area contributed by atoms with Crippen molar-refractivity contribution in [2.24, 2.45) is 0 Å². The van der Waals surface area contributed by atoms with Crippen LogP contribution >= 0.6 is 11.6 Å². The van der Waals surface area contributed by atoms with Gasteiger partial charge in [-0.15, -0.1) is 11.6 Å². The maximum Gasteiger partial charge on any atom is 0.123 e. The first-order valence-electron chi connectivity index (χ1n) is 6.65. The van der Waals surface area contributed by atoms with Crippen LogP contribution in [0.1, 0.15) is 22.1 Å². The van der Waals surface area contributed by atoms with E-state index in [1.807, 2.05) is 18.2 Å². The van der Waals surface area contributed by atoms with Crippen molar-refractivity contribution in [2.75, 3.05) is 13.7 Å². The quantitative estimate of drug-likeness (QED) is 0.710. The van der Waals surface area contributed by atoms with Crippen LogP contribution in [0.2, 0.25) is 0 Å². The first-order chi connectivity index (χ1) is 9.69. The maximum absolute atomic E-state index is 13.1. The molecular weight excluding hydrogens is 275 g/mol. The van der Waals surface area contributed by atoms with E-state index in [2.05, 4.69) is 12.1 Å². The average molecular weight is 293 g/mol. The summed E-state index contributed by atoms with van der Waals surface area (Å²) >= 11 is 6.40. The van der Waals surface area contributed by atoms with Crippen molar-refractivity contribution in [1.82, 2.24) is 0 Å². The van der Waals surface area contributed by atoms with Crippen molar-refractivity contribution in [2.45, 2.75) is 18.2 Å². The third kappa shape index (κ3) is 4.32. The zero-order valence-electron chi connectivity index (χ0n) is 11.5. The van der Waals surface area contributed by atoms with Gasteiger partial charge in [-0.2, -0.15) is 0 Å². The molecule has 0 saturated carbocycles. The summed E-state index contributed by atoms with van der Waals surface area (Å²) in [5, 5.41) is -0.145. The lowest BCUT2D eigenvalue weighted by atomic mass is 10.0. The Morgan fingerprint density at radius 2 is 1.85 bits per heavy atom. The molecule has 0 N–H and O–H groups in total. The molecule has 0 fully saturated rings. The van der Waals surface area contributed by atoms with Crippen LogP contribution < -0.4 is 0 Å². The highest BCUT2D eigenvalue weighted by atomic mass is 35.5. The van der Waals surface area contributed by atoms with Gasteiger partial charge in [0.15, 0.2) is 0 Å².